The maximum absolute atomic E-state index is 11.7. The van der Waals surface area contributed by atoms with Gasteiger partial charge >= 0.3 is 0 Å². The monoisotopic (exact) mass is 197 g/mol. The Bertz CT molecular complexity index is 266. The molecule has 0 aromatic carbocycles. The number of rotatable bonds is 5. The molecule has 5 nitrogen and oxygen atoms in total. The van der Waals surface area contributed by atoms with Gasteiger partial charge in [-0.3, -0.25) is 4.79 Å². The second-order valence-corrected chi connectivity index (χ2v) is 2.98. The van der Waals surface area contributed by atoms with Crippen LogP contribution in [-0.4, -0.2) is 45.6 Å². The molecule has 1 heterocycles. The van der Waals surface area contributed by atoms with E-state index >= 15 is 0 Å². The summed E-state index contributed by atoms with van der Waals surface area (Å²) in [6.45, 7) is 2.99. The third-order valence-electron chi connectivity index (χ3n) is 1.88. The van der Waals surface area contributed by atoms with E-state index in [4.69, 9.17) is 5.11 Å². The van der Waals surface area contributed by atoms with Gasteiger partial charge in [0.1, 0.15) is 5.69 Å². The highest BCUT2D eigenvalue weighted by atomic mass is 16.3. The molecule has 0 atom stereocenters. The van der Waals surface area contributed by atoms with Gasteiger partial charge in [0.05, 0.1) is 19.1 Å². The Morgan fingerprint density at radius 1 is 1.64 bits per heavy atom. The number of hydrogen-bond acceptors (Lipinski definition) is 3. The van der Waals surface area contributed by atoms with Gasteiger partial charge in [0.2, 0.25) is 0 Å². The number of aromatic amines is 1. The number of aliphatic hydroxyl groups excluding tert-OH is 1. The first-order valence-corrected chi connectivity index (χ1v) is 4.68. The zero-order chi connectivity index (χ0) is 10.4. The quantitative estimate of drug-likeness (QED) is 0.711. The van der Waals surface area contributed by atoms with Crippen LogP contribution in [0.15, 0.2) is 12.5 Å². The lowest BCUT2D eigenvalue weighted by Gasteiger charge is -2.19. The average molecular weight is 197 g/mol. The summed E-state index contributed by atoms with van der Waals surface area (Å²) in [5, 5.41) is 8.79. The third kappa shape index (κ3) is 2.56. The van der Waals surface area contributed by atoms with Gasteiger partial charge in [0, 0.05) is 13.1 Å². The first-order valence-electron chi connectivity index (χ1n) is 4.68. The molecule has 1 amide bonds. The van der Waals surface area contributed by atoms with Crippen LogP contribution in [0.2, 0.25) is 0 Å². The van der Waals surface area contributed by atoms with Crippen molar-refractivity contribution in [3.05, 3.63) is 18.2 Å². The molecule has 0 fully saturated rings. The molecule has 1 aromatic rings. The maximum atomic E-state index is 11.7. The Hall–Kier alpha value is -1.36. The van der Waals surface area contributed by atoms with E-state index in [1.165, 1.54) is 12.5 Å². The zero-order valence-electron chi connectivity index (χ0n) is 8.23. The Morgan fingerprint density at radius 2 is 2.43 bits per heavy atom. The molecular weight excluding hydrogens is 182 g/mol. The summed E-state index contributed by atoms with van der Waals surface area (Å²) in [5.41, 5.74) is 0.465. The van der Waals surface area contributed by atoms with Gasteiger partial charge in [-0.05, 0) is 6.42 Å². The average Bonchev–Trinajstić information content (AvgIpc) is 2.69. The summed E-state index contributed by atoms with van der Waals surface area (Å²) in [6, 6.07) is 0. The van der Waals surface area contributed by atoms with Crippen molar-refractivity contribution < 1.29 is 9.90 Å². The highest BCUT2D eigenvalue weighted by molar-refractivity contribution is 5.92. The van der Waals surface area contributed by atoms with E-state index in [1.54, 1.807) is 4.90 Å². The van der Waals surface area contributed by atoms with Crippen LogP contribution in [0.3, 0.4) is 0 Å². The minimum absolute atomic E-state index is 0.0140. The summed E-state index contributed by atoms with van der Waals surface area (Å²) >= 11 is 0. The van der Waals surface area contributed by atoms with Crippen LogP contribution in [-0.2, 0) is 0 Å². The summed E-state index contributed by atoms with van der Waals surface area (Å²) < 4.78 is 0. The Morgan fingerprint density at radius 3 is 2.93 bits per heavy atom. The van der Waals surface area contributed by atoms with Crippen molar-refractivity contribution in [2.45, 2.75) is 13.3 Å². The summed E-state index contributed by atoms with van der Waals surface area (Å²) in [6.07, 6.45) is 3.83. The molecule has 0 aliphatic heterocycles. The summed E-state index contributed by atoms with van der Waals surface area (Å²) in [7, 11) is 0. The van der Waals surface area contributed by atoms with Crippen molar-refractivity contribution in [1.29, 1.82) is 0 Å². The topological polar surface area (TPSA) is 69.2 Å². The number of nitrogens with one attached hydrogen (secondary N) is 1. The fourth-order valence-corrected chi connectivity index (χ4v) is 1.25. The van der Waals surface area contributed by atoms with Gasteiger partial charge in [-0.15, -0.1) is 0 Å². The lowest BCUT2D eigenvalue weighted by molar-refractivity contribution is 0.0716. The van der Waals surface area contributed by atoms with E-state index in [2.05, 4.69) is 9.97 Å². The molecule has 5 heteroatoms. The molecule has 0 aliphatic carbocycles. The van der Waals surface area contributed by atoms with Crippen molar-refractivity contribution >= 4 is 5.91 Å². The molecule has 0 unspecified atom stereocenters. The number of carbonyl (C=O) groups excluding carboxylic acids is 1. The summed E-state index contributed by atoms with van der Waals surface area (Å²) in [5.74, 6) is -0.113. The highest BCUT2D eigenvalue weighted by Gasteiger charge is 2.14. The minimum atomic E-state index is -0.113. The molecule has 0 radical (unpaired) electrons. The van der Waals surface area contributed by atoms with Crippen molar-refractivity contribution in [3.8, 4) is 0 Å². The van der Waals surface area contributed by atoms with Crippen LogP contribution >= 0.6 is 0 Å². The van der Waals surface area contributed by atoms with Gasteiger partial charge in [-0.2, -0.15) is 0 Å². The number of aliphatic hydroxyl groups is 1. The van der Waals surface area contributed by atoms with E-state index in [-0.39, 0.29) is 12.5 Å². The van der Waals surface area contributed by atoms with Crippen LogP contribution < -0.4 is 0 Å². The lowest BCUT2D eigenvalue weighted by Crippen LogP contribution is -2.34. The smallest absolute Gasteiger partial charge is 0.271 e. The second-order valence-electron chi connectivity index (χ2n) is 2.98. The van der Waals surface area contributed by atoms with Crippen molar-refractivity contribution in [3.63, 3.8) is 0 Å². The number of amides is 1. The zero-order valence-corrected chi connectivity index (χ0v) is 8.23. The molecule has 0 bridgehead atoms. The van der Waals surface area contributed by atoms with Crippen LogP contribution in [0.4, 0.5) is 0 Å². The van der Waals surface area contributed by atoms with E-state index in [0.29, 0.717) is 18.8 Å². The van der Waals surface area contributed by atoms with E-state index < -0.39 is 0 Å². The number of imidazole rings is 1. The van der Waals surface area contributed by atoms with Crippen LogP contribution in [0, 0.1) is 0 Å². The maximum Gasteiger partial charge on any atom is 0.271 e. The number of hydrogen-bond donors (Lipinski definition) is 2. The Kier molecular flexibility index (Phi) is 4.12. The minimum Gasteiger partial charge on any atom is -0.395 e. The molecule has 14 heavy (non-hydrogen) atoms. The van der Waals surface area contributed by atoms with Gasteiger partial charge in [-0.1, -0.05) is 6.92 Å². The fourth-order valence-electron chi connectivity index (χ4n) is 1.25. The molecule has 1 rings (SSSR count). The number of carbonyl (C=O) groups is 1. The van der Waals surface area contributed by atoms with Crippen molar-refractivity contribution in [2.24, 2.45) is 0 Å². The molecule has 0 saturated heterocycles. The number of aromatic nitrogens is 2. The Labute approximate surface area is 82.8 Å². The molecule has 2 N–H and O–H groups in total. The van der Waals surface area contributed by atoms with Gasteiger partial charge in [0.15, 0.2) is 0 Å². The Balaban J connectivity index is 2.63. The normalized spacial score (nSPS) is 10.1. The highest BCUT2D eigenvalue weighted by Crippen LogP contribution is 2.00. The van der Waals surface area contributed by atoms with Crippen LogP contribution in [0.5, 0.6) is 0 Å². The third-order valence-corrected chi connectivity index (χ3v) is 1.88. The van der Waals surface area contributed by atoms with E-state index in [1.807, 2.05) is 6.92 Å². The molecule has 78 valence electrons. The second kappa shape index (κ2) is 5.39. The molecule has 0 spiro atoms. The van der Waals surface area contributed by atoms with E-state index in [9.17, 15) is 4.79 Å². The first-order chi connectivity index (χ1) is 6.79. The molecular formula is C9H15N3O2. The largest absolute Gasteiger partial charge is 0.395 e. The van der Waals surface area contributed by atoms with E-state index in [0.717, 1.165) is 6.42 Å². The molecule has 0 saturated carbocycles. The fraction of sp³-hybridized carbons (Fsp3) is 0.556. The van der Waals surface area contributed by atoms with Crippen LogP contribution in [0.1, 0.15) is 23.8 Å². The number of nitrogens with zero attached hydrogens (tertiary/aromatic N) is 2. The SMILES string of the molecule is CCCN(CCO)C(=O)c1cnc[nH]1. The van der Waals surface area contributed by atoms with Gasteiger partial charge < -0.3 is 15.0 Å². The number of H-pyrrole nitrogens is 1. The summed E-state index contributed by atoms with van der Waals surface area (Å²) in [4.78, 5) is 19.9. The van der Waals surface area contributed by atoms with Crippen molar-refractivity contribution in [1.82, 2.24) is 14.9 Å². The predicted molar refractivity (Wildman–Crippen MR) is 51.9 cm³/mol. The lowest BCUT2D eigenvalue weighted by atomic mass is 10.3. The first kappa shape index (κ1) is 10.7. The predicted octanol–water partition coefficient (Wildman–Crippen LogP) is 0.254. The van der Waals surface area contributed by atoms with Gasteiger partial charge in [0.25, 0.3) is 5.91 Å². The molecule has 0 aliphatic rings. The van der Waals surface area contributed by atoms with Gasteiger partial charge in [-0.25, -0.2) is 4.98 Å². The van der Waals surface area contributed by atoms with Crippen molar-refractivity contribution in [2.75, 3.05) is 19.7 Å². The van der Waals surface area contributed by atoms with Crippen LogP contribution in [0.25, 0.3) is 0 Å². The molecule has 1 aromatic heterocycles. The standard InChI is InChI=1S/C9H15N3O2/c1-2-3-12(4-5-13)9(14)8-6-10-7-11-8/h6-7,13H,2-5H2,1H3,(H,10,11).